The lowest BCUT2D eigenvalue weighted by Crippen LogP contribution is -2.11. The van der Waals surface area contributed by atoms with Crippen molar-refractivity contribution in [2.24, 2.45) is 0 Å². The highest BCUT2D eigenvalue weighted by atomic mass is 16.4. The van der Waals surface area contributed by atoms with Gasteiger partial charge in [0.25, 0.3) is 0 Å². The molecule has 4 N–H and O–H groups in total. The number of rotatable bonds is 4. The molecule has 2 rings (SSSR count). The fourth-order valence-corrected chi connectivity index (χ4v) is 1.94. The number of anilines is 4. The first-order valence-corrected chi connectivity index (χ1v) is 6.15. The third kappa shape index (κ3) is 2.83. The molecule has 0 aliphatic heterocycles. The highest BCUT2D eigenvalue weighted by Gasteiger charge is 2.10. The number of nitrogens with two attached hydrogens (primary N) is 1. The Bertz CT molecular complexity index is 639. The number of hydrogen-bond donors (Lipinski definition) is 3. The molecule has 0 fully saturated rings. The van der Waals surface area contributed by atoms with Gasteiger partial charge >= 0.3 is 5.97 Å². The van der Waals surface area contributed by atoms with E-state index in [4.69, 9.17) is 10.8 Å². The van der Waals surface area contributed by atoms with E-state index < -0.39 is 5.97 Å². The topological polar surface area (TPSA) is 78.6 Å². The van der Waals surface area contributed by atoms with Gasteiger partial charge in [-0.25, -0.2) is 4.79 Å². The largest absolute Gasteiger partial charge is 0.478 e. The van der Waals surface area contributed by atoms with E-state index >= 15 is 0 Å². The van der Waals surface area contributed by atoms with Crippen LogP contribution < -0.4 is 16.0 Å². The van der Waals surface area contributed by atoms with Crippen LogP contribution in [0.1, 0.15) is 10.4 Å². The molecule has 2 aromatic carbocycles. The Balaban J connectivity index is 2.36. The molecule has 2 aromatic rings. The molecule has 0 spiro atoms. The van der Waals surface area contributed by atoms with Crippen molar-refractivity contribution in [1.29, 1.82) is 0 Å². The Labute approximate surface area is 117 Å². The van der Waals surface area contributed by atoms with E-state index in [1.54, 1.807) is 12.1 Å². The lowest BCUT2D eigenvalue weighted by molar-refractivity contribution is 0.0698. The van der Waals surface area contributed by atoms with Crippen LogP contribution in [0.2, 0.25) is 0 Å². The molecular formula is C15H17N3O2. The number of hydrogen-bond acceptors (Lipinski definition) is 4. The van der Waals surface area contributed by atoms with Crippen LogP contribution in [-0.4, -0.2) is 25.2 Å². The van der Waals surface area contributed by atoms with Crippen LogP contribution in [0, 0.1) is 0 Å². The van der Waals surface area contributed by atoms with E-state index in [0.29, 0.717) is 5.69 Å². The minimum absolute atomic E-state index is 0.0948. The van der Waals surface area contributed by atoms with Crippen LogP contribution in [0.25, 0.3) is 0 Å². The lowest BCUT2D eigenvalue weighted by Gasteiger charge is -2.18. The second-order valence-corrected chi connectivity index (χ2v) is 4.64. The Morgan fingerprint density at radius 2 is 1.90 bits per heavy atom. The summed E-state index contributed by atoms with van der Waals surface area (Å²) in [5.74, 6) is -1.04. The van der Waals surface area contributed by atoms with Gasteiger partial charge in [0.15, 0.2) is 0 Å². The van der Waals surface area contributed by atoms with Gasteiger partial charge < -0.3 is 21.1 Å². The van der Waals surface area contributed by atoms with Gasteiger partial charge in [-0.05, 0) is 30.3 Å². The van der Waals surface area contributed by atoms with E-state index in [1.165, 1.54) is 6.07 Å². The molecule has 0 bridgehead atoms. The van der Waals surface area contributed by atoms with Gasteiger partial charge in [-0.2, -0.15) is 0 Å². The highest BCUT2D eigenvalue weighted by molar-refractivity contribution is 5.95. The number of nitrogens with zero attached hydrogens (tertiary/aromatic N) is 1. The molecule has 0 saturated carbocycles. The molecule has 0 aromatic heterocycles. The predicted molar refractivity (Wildman–Crippen MR) is 81.9 cm³/mol. The quantitative estimate of drug-likeness (QED) is 0.745. The minimum Gasteiger partial charge on any atom is -0.478 e. The number of carboxylic acids is 1. The first-order valence-electron chi connectivity index (χ1n) is 6.15. The zero-order chi connectivity index (χ0) is 14.7. The number of aromatic carboxylic acids is 1. The van der Waals surface area contributed by atoms with E-state index in [9.17, 15) is 4.79 Å². The molecule has 0 heterocycles. The fraction of sp³-hybridized carbons (Fsp3) is 0.133. The summed E-state index contributed by atoms with van der Waals surface area (Å²) in [5.41, 5.74) is 8.60. The summed E-state index contributed by atoms with van der Waals surface area (Å²) in [6, 6.07) is 12.7. The van der Waals surface area contributed by atoms with Gasteiger partial charge in [0.2, 0.25) is 0 Å². The van der Waals surface area contributed by atoms with Crippen LogP contribution in [-0.2, 0) is 0 Å². The molecular weight excluding hydrogens is 254 g/mol. The maximum atomic E-state index is 11.1. The molecule has 0 saturated heterocycles. The molecule has 5 heteroatoms. The maximum absolute atomic E-state index is 11.1. The fourth-order valence-electron chi connectivity index (χ4n) is 1.94. The smallest absolute Gasteiger partial charge is 0.337 e. The third-order valence-electron chi connectivity index (χ3n) is 2.95. The molecule has 0 radical (unpaired) electrons. The van der Waals surface area contributed by atoms with Crippen LogP contribution >= 0.6 is 0 Å². The van der Waals surface area contributed by atoms with Crippen molar-refractivity contribution in [2.75, 3.05) is 30.0 Å². The molecule has 5 nitrogen and oxygen atoms in total. The van der Waals surface area contributed by atoms with Crippen molar-refractivity contribution in [3.8, 4) is 0 Å². The number of nitrogen functional groups attached to an aromatic ring is 1. The van der Waals surface area contributed by atoms with E-state index in [1.807, 2.05) is 43.3 Å². The summed E-state index contributed by atoms with van der Waals surface area (Å²) in [6.07, 6.45) is 0. The second-order valence-electron chi connectivity index (χ2n) is 4.64. The molecule has 0 atom stereocenters. The summed E-state index contributed by atoms with van der Waals surface area (Å²) in [6.45, 7) is 0. The summed E-state index contributed by atoms with van der Waals surface area (Å²) in [4.78, 5) is 13.1. The van der Waals surface area contributed by atoms with Gasteiger partial charge in [0.1, 0.15) is 0 Å². The molecule has 104 valence electrons. The minimum atomic E-state index is -1.04. The van der Waals surface area contributed by atoms with Crippen molar-refractivity contribution in [3.63, 3.8) is 0 Å². The molecule has 0 amide bonds. The Morgan fingerprint density at radius 3 is 2.55 bits per heavy atom. The van der Waals surface area contributed by atoms with Gasteiger partial charge in [-0.1, -0.05) is 12.1 Å². The lowest BCUT2D eigenvalue weighted by atomic mass is 10.1. The van der Waals surface area contributed by atoms with E-state index in [2.05, 4.69) is 5.32 Å². The summed E-state index contributed by atoms with van der Waals surface area (Å²) in [5, 5.41) is 12.3. The van der Waals surface area contributed by atoms with Crippen molar-refractivity contribution in [3.05, 3.63) is 48.0 Å². The van der Waals surface area contributed by atoms with Crippen LogP contribution in [0.3, 0.4) is 0 Å². The molecule has 20 heavy (non-hydrogen) atoms. The SMILES string of the molecule is CN(C)c1ccccc1Nc1ccc(N)c(C(=O)O)c1. The zero-order valence-corrected chi connectivity index (χ0v) is 11.4. The van der Waals surface area contributed by atoms with E-state index in [0.717, 1.165) is 11.4 Å². The number of para-hydroxylation sites is 2. The monoisotopic (exact) mass is 271 g/mol. The summed E-state index contributed by atoms with van der Waals surface area (Å²) >= 11 is 0. The standard InChI is InChI=1S/C15H17N3O2/c1-18(2)14-6-4-3-5-13(14)17-10-7-8-12(16)11(9-10)15(19)20/h3-9,17H,16H2,1-2H3,(H,19,20). The zero-order valence-electron chi connectivity index (χ0n) is 11.4. The average molecular weight is 271 g/mol. The Hall–Kier alpha value is -2.69. The number of carbonyl (C=O) groups is 1. The summed E-state index contributed by atoms with van der Waals surface area (Å²) < 4.78 is 0. The van der Waals surface area contributed by atoms with Crippen LogP contribution in [0.5, 0.6) is 0 Å². The van der Waals surface area contributed by atoms with Crippen molar-refractivity contribution in [1.82, 2.24) is 0 Å². The van der Waals surface area contributed by atoms with Gasteiger partial charge in [-0.3, -0.25) is 0 Å². The number of benzene rings is 2. The first kappa shape index (κ1) is 13.7. The van der Waals surface area contributed by atoms with Gasteiger partial charge in [0.05, 0.1) is 16.9 Å². The average Bonchev–Trinajstić information content (AvgIpc) is 2.41. The van der Waals surface area contributed by atoms with Crippen LogP contribution in [0.4, 0.5) is 22.7 Å². The Kier molecular flexibility index (Phi) is 3.79. The summed E-state index contributed by atoms with van der Waals surface area (Å²) in [7, 11) is 3.90. The van der Waals surface area contributed by atoms with Gasteiger partial charge in [0, 0.05) is 25.5 Å². The van der Waals surface area contributed by atoms with Gasteiger partial charge in [-0.15, -0.1) is 0 Å². The highest BCUT2D eigenvalue weighted by Crippen LogP contribution is 2.28. The molecule has 0 aliphatic rings. The maximum Gasteiger partial charge on any atom is 0.337 e. The first-order chi connectivity index (χ1) is 9.49. The predicted octanol–water partition coefficient (Wildman–Crippen LogP) is 2.78. The van der Waals surface area contributed by atoms with Crippen molar-refractivity contribution < 1.29 is 9.90 Å². The van der Waals surface area contributed by atoms with Crippen molar-refractivity contribution >= 4 is 28.7 Å². The number of nitrogens with one attached hydrogen (secondary N) is 1. The molecule has 0 unspecified atom stereocenters. The normalized spacial score (nSPS) is 10.1. The molecule has 0 aliphatic carbocycles. The van der Waals surface area contributed by atoms with Crippen molar-refractivity contribution in [2.45, 2.75) is 0 Å². The van der Waals surface area contributed by atoms with E-state index in [-0.39, 0.29) is 11.3 Å². The second kappa shape index (κ2) is 5.52. The van der Waals surface area contributed by atoms with Crippen LogP contribution in [0.15, 0.2) is 42.5 Å². The third-order valence-corrected chi connectivity index (χ3v) is 2.95. The number of carboxylic acid groups (broad SMARTS) is 1. The Morgan fingerprint density at radius 1 is 1.20 bits per heavy atom.